The van der Waals surface area contributed by atoms with Crippen LogP contribution in [0, 0.1) is 0 Å². The van der Waals surface area contributed by atoms with Crippen LogP contribution in [-0.2, 0) is 6.42 Å². The molecule has 1 aliphatic rings. The van der Waals surface area contributed by atoms with Crippen LogP contribution in [0.2, 0.25) is 0 Å². The third-order valence-electron chi connectivity index (χ3n) is 4.21. The van der Waals surface area contributed by atoms with E-state index in [1.165, 1.54) is 4.90 Å². The number of fused-ring (bicyclic) bond motifs is 2. The van der Waals surface area contributed by atoms with Crippen LogP contribution in [-0.4, -0.2) is 28.2 Å². The van der Waals surface area contributed by atoms with E-state index in [1.54, 1.807) is 30.5 Å². The van der Waals surface area contributed by atoms with Gasteiger partial charge in [0.2, 0.25) is 0 Å². The Labute approximate surface area is 133 Å². The summed E-state index contributed by atoms with van der Waals surface area (Å²) in [6.07, 6.45) is 2.31. The highest BCUT2D eigenvalue weighted by atomic mass is 16.2. The van der Waals surface area contributed by atoms with E-state index in [-0.39, 0.29) is 11.8 Å². The highest BCUT2D eigenvalue weighted by Crippen LogP contribution is 2.23. The van der Waals surface area contributed by atoms with E-state index in [2.05, 4.69) is 4.98 Å². The molecule has 4 heteroatoms. The number of hydrogen-bond acceptors (Lipinski definition) is 3. The van der Waals surface area contributed by atoms with Gasteiger partial charge in [-0.2, -0.15) is 0 Å². The Morgan fingerprint density at radius 2 is 1.48 bits per heavy atom. The first-order valence-electron chi connectivity index (χ1n) is 7.53. The average molecular weight is 302 g/mol. The second-order valence-corrected chi connectivity index (χ2v) is 5.54. The Morgan fingerprint density at radius 1 is 0.826 bits per heavy atom. The highest BCUT2D eigenvalue weighted by molar-refractivity contribution is 6.21. The maximum atomic E-state index is 12.4. The van der Waals surface area contributed by atoms with E-state index in [9.17, 15) is 9.59 Å². The Kier molecular flexibility index (Phi) is 3.15. The largest absolute Gasteiger partial charge is 0.274 e. The van der Waals surface area contributed by atoms with E-state index < -0.39 is 0 Å². The molecule has 0 N–H and O–H groups in total. The predicted molar refractivity (Wildman–Crippen MR) is 87.3 cm³/mol. The van der Waals surface area contributed by atoms with E-state index in [0.29, 0.717) is 24.1 Å². The van der Waals surface area contributed by atoms with Crippen LogP contribution in [0.3, 0.4) is 0 Å². The molecule has 4 nitrogen and oxygen atoms in total. The molecule has 112 valence electrons. The normalized spacial score (nSPS) is 13.7. The van der Waals surface area contributed by atoms with Crippen molar-refractivity contribution in [2.75, 3.05) is 6.54 Å². The molecule has 1 aromatic heterocycles. The topological polar surface area (TPSA) is 50.3 Å². The molecule has 0 spiro atoms. The molecule has 2 amide bonds. The van der Waals surface area contributed by atoms with Gasteiger partial charge in [-0.3, -0.25) is 19.5 Å². The van der Waals surface area contributed by atoms with Gasteiger partial charge in [0, 0.05) is 30.2 Å². The minimum Gasteiger partial charge on any atom is -0.274 e. The summed E-state index contributed by atoms with van der Waals surface area (Å²) in [6.45, 7) is 0.341. The Hall–Kier alpha value is -3.01. The van der Waals surface area contributed by atoms with Crippen molar-refractivity contribution in [3.05, 3.63) is 77.6 Å². The van der Waals surface area contributed by atoms with Crippen molar-refractivity contribution in [2.24, 2.45) is 0 Å². The molecular formula is C19H14N2O2. The molecule has 0 fully saturated rings. The zero-order valence-electron chi connectivity index (χ0n) is 12.4. The molecular weight excluding hydrogens is 288 g/mol. The minimum absolute atomic E-state index is 0.217. The van der Waals surface area contributed by atoms with Crippen molar-refractivity contribution in [1.82, 2.24) is 9.88 Å². The summed E-state index contributed by atoms with van der Waals surface area (Å²) in [5.41, 5.74) is 1.88. The maximum Gasteiger partial charge on any atom is 0.261 e. The summed E-state index contributed by atoms with van der Waals surface area (Å²) >= 11 is 0. The fraction of sp³-hybridized carbons (Fsp3) is 0.105. The quantitative estimate of drug-likeness (QED) is 0.699. The minimum atomic E-state index is -0.217. The number of hydrogen-bond donors (Lipinski definition) is 0. The molecule has 1 aliphatic heterocycles. The Morgan fingerprint density at radius 3 is 2.22 bits per heavy atom. The molecule has 0 unspecified atom stereocenters. The first kappa shape index (κ1) is 13.6. The summed E-state index contributed by atoms with van der Waals surface area (Å²) in [4.78, 5) is 30.5. The SMILES string of the molecule is O=C1c2ccccc2C(=O)N1CCc1nccc2ccccc12. The molecule has 0 atom stereocenters. The third kappa shape index (κ3) is 2.19. The fourth-order valence-corrected chi connectivity index (χ4v) is 3.04. The molecule has 0 aliphatic carbocycles. The van der Waals surface area contributed by atoms with Crippen molar-refractivity contribution in [3.8, 4) is 0 Å². The van der Waals surface area contributed by atoms with Crippen molar-refractivity contribution < 1.29 is 9.59 Å². The summed E-state index contributed by atoms with van der Waals surface area (Å²) in [7, 11) is 0. The summed E-state index contributed by atoms with van der Waals surface area (Å²) < 4.78 is 0. The lowest BCUT2D eigenvalue weighted by Gasteiger charge is -2.14. The first-order valence-corrected chi connectivity index (χ1v) is 7.53. The second kappa shape index (κ2) is 5.32. The number of pyridine rings is 1. The van der Waals surface area contributed by atoms with Crippen LogP contribution in [0.25, 0.3) is 10.8 Å². The van der Waals surface area contributed by atoms with Gasteiger partial charge in [0.25, 0.3) is 11.8 Å². The molecule has 2 aromatic carbocycles. The van der Waals surface area contributed by atoms with Gasteiger partial charge in [0.15, 0.2) is 0 Å². The van der Waals surface area contributed by atoms with Crippen molar-refractivity contribution in [1.29, 1.82) is 0 Å². The number of aromatic nitrogens is 1. The van der Waals surface area contributed by atoms with Gasteiger partial charge in [0.05, 0.1) is 11.1 Å². The Balaban J connectivity index is 1.60. The second-order valence-electron chi connectivity index (χ2n) is 5.54. The number of carbonyl (C=O) groups is 2. The molecule has 0 saturated heterocycles. The zero-order valence-corrected chi connectivity index (χ0v) is 12.4. The van der Waals surface area contributed by atoms with Gasteiger partial charge in [-0.15, -0.1) is 0 Å². The van der Waals surface area contributed by atoms with Crippen LogP contribution in [0.1, 0.15) is 26.4 Å². The van der Waals surface area contributed by atoms with E-state index in [0.717, 1.165) is 16.5 Å². The smallest absolute Gasteiger partial charge is 0.261 e. The summed E-state index contributed by atoms with van der Waals surface area (Å²) in [6, 6.07) is 16.9. The molecule has 0 saturated carbocycles. The lowest BCUT2D eigenvalue weighted by Crippen LogP contribution is -2.31. The Bertz CT molecular complexity index is 893. The highest BCUT2D eigenvalue weighted by Gasteiger charge is 2.34. The third-order valence-corrected chi connectivity index (χ3v) is 4.21. The molecule has 0 radical (unpaired) electrons. The van der Waals surface area contributed by atoms with Crippen LogP contribution < -0.4 is 0 Å². The molecule has 2 heterocycles. The van der Waals surface area contributed by atoms with Crippen LogP contribution in [0.5, 0.6) is 0 Å². The number of rotatable bonds is 3. The monoisotopic (exact) mass is 302 g/mol. The summed E-state index contributed by atoms with van der Waals surface area (Å²) in [5.74, 6) is -0.434. The molecule has 4 rings (SSSR count). The zero-order chi connectivity index (χ0) is 15.8. The van der Waals surface area contributed by atoms with Crippen LogP contribution >= 0.6 is 0 Å². The lowest BCUT2D eigenvalue weighted by molar-refractivity contribution is 0.0656. The lowest BCUT2D eigenvalue weighted by atomic mass is 10.1. The van der Waals surface area contributed by atoms with Gasteiger partial charge in [-0.05, 0) is 23.6 Å². The number of nitrogens with zero attached hydrogens (tertiary/aromatic N) is 2. The van der Waals surface area contributed by atoms with Crippen molar-refractivity contribution in [3.63, 3.8) is 0 Å². The van der Waals surface area contributed by atoms with Gasteiger partial charge in [0.1, 0.15) is 0 Å². The standard InChI is InChI=1S/C19H14N2O2/c22-18-15-7-3-4-8-16(15)19(23)21(18)12-10-17-14-6-2-1-5-13(14)9-11-20-17/h1-9,11H,10,12H2. The van der Waals surface area contributed by atoms with Gasteiger partial charge in [-0.1, -0.05) is 36.4 Å². The fourth-order valence-electron chi connectivity index (χ4n) is 3.04. The van der Waals surface area contributed by atoms with Gasteiger partial charge in [-0.25, -0.2) is 0 Å². The van der Waals surface area contributed by atoms with E-state index in [1.807, 2.05) is 30.3 Å². The molecule has 23 heavy (non-hydrogen) atoms. The van der Waals surface area contributed by atoms with E-state index in [4.69, 9.17) is 0 Å². The average Bonchev–Trinajstić information content (AvgIpc) is 2.84. The number of imide groups is 1. The number of carbonyl (C=O) groups excluding carboxylic acids is 2. The summed E-state index contributed by atoms with van der Waals surface area (Å²) in [5, 5.41) is 2.17. The number of benzene rings is 2. The van der Waals surface area contributed by atoms with Crippen LogP contribution in [0.4, 0.5) is 0 Å². The van der Waals surface area contributed by atoms with Gasteiger partial charge >= 0.3 is 0 Å². The van der Waals surface area contributed by atoms with Crippen molar-refractivity contribution >= 4 is 22.6 Å². The van der Waals surface area contributed by atoms with Crippen LogP contribution in [0.15, 0.2) is 60.8 Å². The first-order chi connectivity index (χ1) is 11.3. The van der Waals surface area contributed by atoms with Crippen molar-refractivity contribution in [2.45, 2.75) is 6.42 Å². The molecule has 0 bridgehead atoms. The predicted octanol–water partition coefficient (Wildman–Crippen LogP) is 3.07. The molecule has 3 aromatic rings. The van der Waals surface area contributed by atoms with E-state index >= 15 is 0 Å². The maximum absolute atomic E-state index is 12.4. The van der Waals surface area contributed by atoms with Gasteiger partial charge < -0.3 is 0 Å². The number of amides is 2.